The van der Waals surface area contributed by atoms with Crippen LogP contribution >= 0.6 is 15.9 Å². The average molecular weight is 282 g/mol. The Hall–Kier alpha value is -0.600. The molecular formula is C14H20BrN. The summed E-state index contributed by atoms with van der Waals surface area (Å²) >= 11 is 3.67. The second-order valence-electron chi connectivity index (χ2n) is 4.01. The molecule has 0 heterocycles. The largest absolute Gasteiger partial charge is 0.310 e. The van der Waals surface area contributed by atoms with Crippen LogP contribution in [0.15, 0.2) is 35.3 Å². The Morgan fingerprint density at radius 2 is 2.25 bits per heavy atom. The summed E-state index contributed by atoms with van der Waals surface area (Å²) in [6.45, 7) is 9.18. The first-order valence-electron chi connectivity index (χ1n) is 5.80. The molecule has 1 N–H and O–H groups in total. The molecule has 0 bridgehead atoms. The highest BCUT2D eigenvalue weighted by molar-refractivity contribution is 9.10. The summed E-state index contributed by atoms with van der Waals surface area (Å²) in [5, 5.41) is 3.55. The van der Waals surface area contributed by atoms with Gasteiger partial charge in [0.05, 0.1) is 0 Å². The maximum atomic E-state index is 3.83. The van der Waals surface area contributed by atoms with E-state index in [0.29, 0.717) is 6.04 Å². The number of nitrogens with one attached hydrogen (secondary N) is 1. The summed E-state index contributed by atoms with van der Waals surface area (Å²) in [5.41, 5.74) is 2.61. The van der Waals surface area contributed by atoms with Crippen LogP contribution in [0.5, 0.6) is 0 Å². The molecule has 0 saturated heterocycles. The molecule has 1 aromatic carbocycles. The average Bonchev–Trinajstić information content (AvgIpc) is 2.28. The van der Waals surface area contributed by atoms with Crippen LogP contribution in [0.1, 0.15) is 36.9 Å². The highest BCUT2D eigenvalue weighted by Gasteiger charge is 2.12. The molecule has 1 aromatic rings. The third-order valence-electron chi connectivity index (χ3n) is 2.64. The number of benzene rings is 1. The fourth-order valence-corrected chi connectivity index (χ4v) is 2.29. The normalized spacial score (nSPS) is 12.4. The van der Waals surface area contributed by atoms with Crippen molar-refractivity contribution in [3.8, 4) is 0 Å². The lowest BCUT2D eigenvalue weighted by Gasteiger charge is -2.19. The maximum absolute atomic E-state index is 3.83. The summed E-state index contributed by atoms with van der Waals surface area (Å²) in [6.07, 6.45) is 4.08. The van der Waals surface area contributed by atoms with E-state index < -0.39 is 0 Å². The third kappa shape index (κ3) is 3.46. The highest BCUT2D eigenvalue weighted by atomic mass is 79.9. The standard InChI is InChI=1S/C14H20BrN/c1-4-7-13(16-10-5-2)12-9-6-8-11(3)14(12)15/h4,6,8-9,13,16H,1,5,7,10H2,2-3H3. The van der Waals surface area contributed by atoms with Gasteiger partial charge in [0.2, 0.25) is 0 Å². The van der Waals surface area contributed by atoms with Crippen molar-refractivity contribution in [2.75, 3.05) is 6.54 Å². The SMILES string of the molecule is C=CCC(NCCC)c1cccc(C)c1Br. The summed E-state index contributed by atoms with van der Waals surface area (Å²) in [7, 11) is 0. The van der Waals surface area contributed by atoms with E-state index >= 15 is 0 Å². The minimum Gasteiger partial charge on any atom is -0.310 e. The summed E-state index contributed by atoms with van der Waals surface area (Å²) in [5.74, 6) is 0. The Kier molecular flexibility index (Phi) is 5.78. The van der Waals surface area contributed by atoms with Crippen molar-refractivity contribution >= 4 is 15.9 Å². The zero-order valence-electron chi connectivity index (χ0n) is 10.1. The Morgan fingerprint density at radius 1 is 1.50 bits per heavy atom. The van der Waals surface area contributed by atoms with Crippen molar-refractivity contribution in [1.82, 2.24) is 5.32 Å². The van der Waals surface area contributed by atoms with E-state index in [0.717, 1.165) is 19.4 Å². The summed E-state index contributed by atoms with van der Waals surface area (Å²) in [6, 6.07) is 6.78. The molecule has 0 saturated carbocycles. The lowest BCUT2D eigenvalue weighted by atomic mass is 10.0. The second kappa shape index (κ2) is 6.87. The van der Waals surface area contributed by atoms with Crippen LogP contribution in [0.25, 0.3) is 0 Å². The van der Waals surface area contributed by atoms with Gasteiger partial charge in [-0.1, -0.05) is 47.1 Å². The minimum absolute atomic E-state index is 0.367. The zero-order chi connectivity index (χ0) is 12.0. The molecule has 0 radical (unpaired) electrons. The molecule has 1 nitrogen and oxygen atoms in total. The Labute approximate surface area is 107 Å². The van der Waals surface area contributed by atoms with Gasteiger partial charge in [-0.05, 0) is 37.4 Å². The molecule has 0 aliphatic carbocycles. The molecule has 1 atom stereocenters. The number of hydrogen-bond acceptors (Lipinski definition) is 1. The second-order valence-corrected chi connectivity index (χ2v) is 4.80. The van der Waals surface area contributed by atoms with Crippen molar-refractivity contribution in [3.63, 3.8) is 0 Å². The van der Waals surface area contributed by atoms with Gasteiger partial charge >= 0.3 is 0 Å². The van der Waals surface area contributed by atoms with E-state index in [4.69, 9.17) is 0 Å². The molecule has 1 unspecified atom stereocenters. The molecule has 0 fully saturated rings. The van der Waals surface area contributed by atoms with E-state index in [-0.39, 0.29) is 0 Å². The van der Waals surface area contributed by atoms with Gasteiger partial charge in [-0.3, -0.25) is 0 Å². The molecule has 16 heavy (non-hydrogen) atoms. The molecule has 0 aromatic heterocycles. The molecular weight excluding hydrogens is 262 g/mol. The molecule has 0 amide bonds. The number of rotatable bonds is 6. The Morgan fingerprint density at radius 3 is 2.88 bits per heavy atom. The summed E-state index contributed by atoms with van der Waals surface area (Å²) < 4.78 is 1.21. The van der Waals surface area contributed by atoms with Gasteiger partial charge in [0.15, 0.2) is 0 Å². The van der Waals surface area contributed by atoms with Gasteiger partial charge in [0.1, 0.15) is 0 Å². The van der Waals surface area contributed by atoms with Gasteiger partial charge < -0.3 is 5.32 Å². The number of halogens is 1. The predicted molar refractivity (Wildman–Crippen MR) is 74.7 cm³/mol. The lowest BCUT2D eigenvalue weighted by Crippen LogP contribution is -2.22. The van der Waals surface area contributed by atoms with E-state index in [1.165, 1.54) is 15.6 Å². The number of hydrogen-bond donors (Lipinski definition) is 1. The van der Waals surface area contributed by atoms with E-state index in [1.807, 2.05) is 6.08 Å². The van der Waals surface area contributed by atoms with Crippen LogP contribution in [0.4, 0.5) is 0 Å². The van der Waals surface area contributed by atoms with Crippen molar-refractivity contribution in [3.05, 3.63) is 46.5 Å². The summed E-state index contributed by atoms with van der Waals surface area (Å²) in [4.78, 5) is 0. The first-order valence-corrected chi connectivity index (χ1v) is 6.59. The number of aryl methyl sites for hydroxylation is 1. The first-order chi connectivity index (χ1) is 7.70. The van der Waals surface area contributed by atoms with Crippen LogP contribution in [-0.2, 0) is 0 Å². The Balaban J connectivity index is 2.91. The smallest absolute Gasteiger partial charge is 0.0366 e. The predicted octanol–water partition coefficient (Wildman–Crippen LogP) is 4.37. The molecule has 0 aliphatic heterocycles. The quantitative estimate of drug-likeness (QED) is 0.764. The minimum atomic E-state index is 0.367. The first kappa shape index (κ1) is 13.5. The molecule has 0 spiro atoms. The van der Waals surface area contributed by atoms with Crippen LogP contribution in [0.3, 0.4) is 0 Å². The van der Waals surface area contributed by atoms with Gasteiger partial charge in [0, 0.05) is 10.5 Å². The van der Waals surface area contributed by atoms with E-state index in [2.05, 4.69) is 59.9 Å². The Bertz CT molecular complexity index is 347. The van der Waals surface area contributed by atoms with Gasteiger partial charge in [0.25, 0.3) is 0 Å². The van der Waals surface area contributed by atoms with Crippen LogP contribution in [0.2, 0.25) is 0 Å². The van der Waals surface area contributed by atoms with Crippen molar-refractivity contribution in [1.29, 1.82) is 0 Å². The van der Waals surface area contributed by atoms with Gasteiger partial charge in [-0.25, -0.2) is 0 Å². The fourth-order valence-electron chi connectivity index (χ4n) is 1.74. The van der Waals surface area contributed by atoms with Gasteiger partial charge in [-0.2, -0.15) is 0 Å². The monoisotopic (exact) mass is 281 g/mol. The third-order valence-corrected chi connectivity index (χ3v) is 3.72. The zero-order valence-corrected chi connectivity index (χ0v) is 11.7. The molecule has 0 aliphatic rings. The van der Waals surface area contributed by atoms with Crippen molar-refractivity contribution in [2.24, 2.45) is 0 Å². The maximum Gasteiger partial charge on any atom is 0.0366 e. The lowest BCUT2D eigenvalue weighted by molar-refractivity contribution is 0.535. The van der Waals surface area contributed by atoms with E-state index in [9.17, 15) is 0 Å². The molecule has 88 valence electrons. The fraction of sp³-hybridized carbons (Fsp3) is 0.429. The van der Waals surface area contributed by atoms with Crippen LogP contribution in [0, 0.1) is 6.92 Å². The van der Waals surface area contributed by atoms with Gasteiger partial charge in [-0.15, -0.1) is 6.58 Å². The van der Waals surface area contributed by atoms with Crippen LogP contribution in [-0.4, -0.2) is 6.54 Å². The topological polar surface area (TPSA) is 12.0 Å². The van der Waals surface area contributed by atoms with Crippen molar-refractivity contribution < 1.29 is 0 Å². The highest BCUT2D eigenvalue weighted by Crippen LogP contribution is 2.28. The van der Waals surface area contributed by atoms with Crippen molar-refractivity contribution in [2.45, 2.75) is 32.7 Å². The van der Waals surface area contributed by atoms with Crippen LogP contribution < -0.4 is 5.32 Å². The molecule has 2 heteroatoms. The van der Waals surface area contributed by atoms with E-state index in [1.54, 1.807) is 0 Å². The molecule has 1 rings (SSSR count).